The lowest BCUT2D eigenvalue weighted by Gasteiger charge is -2.63. The summed E-state index contributed by atoms with van der Waals surface area (Å²) in [6.45, 7) is 8.86. The van der Waals surface area contributed by atoms with Gasteiger partial charge in [-0.05, 0) is 86.9 Å². The minimum absolute atomic E-state index is 0.235. The number of aliphatic carboxylic acids is 1. The molecule has 0 amide bonds. The molecule has 1 spiro atoms. The molecule has 4 rings (SSSR count). The summed E-state index contributed by atoms with van der Waals surface area (Å²) in [7, 11) is 0. The van der Waals surface area contributed by atoms with Crippen molar-refractivity contribution in [3.8, 4) is 0 Å². The first kappa shape index (κ1) is 14.8. The highest BCUT2D eigenvalue weighted by molar-refractivity contribution is 5.75. The Morgan fingerprint density at radius 2 is 1.91 bits per heavy atom. The van der Waals surface area contributed by atoms with E-state index in [2.05, 4.69) is 13.5 Å². The van der Waals surface area contributed by atoms with E-state index in [1.165, 1.54) is 44.1 Å². The molecule has 0 radical (unpaired) electrons. The van der Waals surface area contributed by atoms with Crippen molar-refractivity contribution in [2.75, 3.05) is 0 Å². The first-order chi connectivity index (χ1) is 10.3. The van der Waals surface area contributed by atoms with Crippen LogP contribution in [0.3, 0.4) is 0 Å². The molecule has 2 heteroatoms. The molecule has 6 atom stereocenters. The summed E-state index contributed by atoms with van der Waals surface area (Å²) in [6.07, 6.45) is 10.8. The van der Waals surface area contributed by atoms with Crippen LogP contribution in [0.1, 0.15) is 71.6 Å². The molecular formula is C20H30O2. The highest BCUT2D eigenvalue weighted by Crippen LogP contribution is 2.72. The fourth-order valence-corrected chi connectivity index (χ4v) is 7.61. The summed E-state index contributed by atoms with van der Waals surface area (Å²) in [5.74, 6) is 1.32. The lowest BCUT2D eigenvalue weighted by Crippen LogP contribution is -2.58. The Hall–Kier alpha value is -0.790. The van der Waals surface area contributed by atoms with Gasteiger partial charge < -0.3 is 5.11 Å². The second kappa shape index (κ2) is 4.39. The predicted molar refractivity (Wildman–Crippen MR) is 87.4 cm³/mol. The second-order valence-corrected chi connectivity index (χ2v) is 9.40. The largest absolute Gasteiger partial charge is 0.481 e. The zero-order valence-corrected chi connectivity index (χ0v) is 14.2. The summed E-state index contributed by atoms with van der Waals surface area (Å²) in [5.41, 5.74) is 1.71. The maximum Gasteiger partial charge on any atom is 0.309 e. The fraction of sp³-hybridized carbons (Fsp3) is 0.850. The zero-order valence-electron chi connectivity index (χ0n) is 14.2. The van der Waals surface area contributed by atoms with Gasteiger partial charge in [-0.25, -0.2) is 0 Å². The Morgan fingerprint density at radius 1 is 1.14 bits per heavy atom. The Kier molecular flexibility index (Phi) is 2.95. The first-order valence-corrected chi connectivity index (χ1v) is 9.23. The Morgan fingerprint density at radius 3 is 2.64 bits per heavy atom. The molecule has 0 aromatic carbocycles. The molecule has 4 aliphatic rings. The molecule has 0 unspecified atom stereocenters. The van der Waals surface area contributed by atoms with Crippen LogP contribution in [0.2, 0.25) is 0 Å². The van der Waals surface area contributed by atoms with Gasteiger partial charge in [0.2, 0.25) is 0 Å². The van der Waals surface area contributed by atoms with Gasteiger partial charge in [-0.3, -0.25) is 4.79 Å². The minimum atomic E-state index is -0.552. The highest BCUT2D eigenvalue weighted by Gasteiger charge is 2.64. The summed E-state index contributed by atoms with van der Waals surface area (Å²) in [6, 6.07) is 0. The normalized spacial score (nSPS) is 53.7. The number of carboxylic acids is 1. The molecule has 1 N–H and O–H groups in total. The van der Waals surface area contributed by atoms with E-state index in [1.807, 2.05) is 6.92 Å². The Balaban J connectivity index is 1.75. The fourth-order valence-electron chi connectivity index (χ4n) is 7.61. The van der Waals surface area contributed by atoms with Gasteiger partial charge in [0.25, 0.3) is 0 Å². The third kappa shape index (κ3) is 1.65. The molecule has 4 fully saturated rings. The zero-order chi connectivity index (χ0) is 15.8. The lowest BCUT2D eigenvalue weighted by molar-refractivity contribution is -0.181. The van der Waals surface area contributed by atoms with Gasteiger partial charge in [0, 0.05) is 0 Å². The molecule has 2 bridgehead atoms. The van der Waals surface area contributed by atoms with Crippen molar-refractivity contribution in [1.82, 2.24) is 0 Å². The molecule has 0 saturated heterocycles. The first-order valence-electron chi connectivity index (χ1n) is 9.23. The topological polar surface area (TPSA) is 37.3 Å². The molecule has 4 aliphatic carbocycles. The van der Waals surface area contributed by atoms with Crippen molar-refractivity contribution in [1.29, 1.82) is 0 Å². The SMILES string of the molecule is C=C1C[C@]23CC[C@H]4[C@@](C)(CCC[C@]4(C)C(=O)O)[C@@H]2CC[C@H]1C3. The number of carbonyl (C=O) groups is 1. The van der Waals surface area contributed by atoms with Crippen LogP contribution >= 0.6 is 0 Å². The molecule has 2 nitrogen and oxygen atoms in total. The van der Waals surface area contributed by atoms with E-state index in [0.717, 1.165) is 31.1 Å². The maximum absolute atomic E-state index is 12.0. The van der Waals surface area contributed by atoms with Crippen molar-refractivity contribution in [2.45, 2.75) is 71.6 Å². The van der Waals surface area contributed by atoms with E-state index in [1.54, 1.807) is 0 Å². The van der Waals surface area contributed by atoms with Crippen LogP contribution in [-0.4, -0.2) is 11.1 Å². The van der Waals surface area contributed by atoms with E-state index in [9.17, 15) is 9.90 Å². The number of allylic oxidation sites excluding steroid dienone is 1. The number of rotatable bonds is 1. The van der Waals surface area contributed by atoms with Gasteiger partial charge in [0.05, 0.1) is 5.41 Å². The van der Waals surface area contributed by atoms with Crippen LogP contribution in [0.15, 0.2) is 12.2 Å². The standard InChI is InChI=1S/C20H30O2/c1-13-11-20-10-7-15-18(2,16(20)6-5-14(13)12-20)8-4-9-19(15,3)17(21)22/h14-16H,1,4-12H2,2-3H3,(H,21,22)/t14-,15-,16-,18+,19-,20-/m0/s1. The highest BCUT2D eigenvalue weighted by atomic mass is 16.4. The molecule has 4 saturated carbocycles. The van der Waals surface area contributed by atoms with Gasteiger partial charge in [-0.1, -0.05) is 25.5 Å². The molecule has 0 heterocycles. The Labute approximate surface area is 134 Å². The van der Waals surface area contributed by atoms with Gasteiger partial charge in [-0.15, -0.1) is 0 Å². The van der Waals surface area contributed by atoms with Crippen LogP contribution in [0.25, 0.3) is 0 Å². The van der Waals surface area contributed by atoms with Gasteiger partial charge in [0.1, 0.15) is 0 Å². The number of fused-ring (bicyclic) bond motifs is 3. The molecule has 122 valence electrons. The summed E-state index contributed by atoms with van der Waals surface area (Å²) >= 11 is 0. The van der Waals surface area contributed by atoms with Gasteiger partial charge in [0.15, 0.2) is 0 Å². The monoisotopic (exact) mass is 302 g/mol. The van der Waals surface area contributed by atoms with Crippen LogP contribution in [0.4, 0.5) is 0 Å². The third-order valence-electron chi connectivity index (χ3n) is 8.54. The van der Waals surface area contributed by atoms with E-state index in [4.69, 9.17) is 0 Å². The smallest absolute Gasteiger partial charge is 0.309 e. The van der Waals surface area contributed by atoms with E-state index in [-0.39, 0.29) is 5.41 Å². The van der Waals surface area contributed by atoms with E-state index in [0.29, 0.717) is 11.3 Å². The van der Waals surface area contributed by atoms with Crippen LogP contribution < -0.4 is 0 Å². The summed E-state index contributed by atoms with van der Waals surface area (Å²) in [5, 5.41) is 9.90. The van der Waals surface area contributed by atoms with Crippen molar-refractivity contribution < 1.29 is 9.90 Å². The summed E-state index contributed by atoms with van der Waals surface area (Å²) < 4.78 is 0. The number of carboxylic acid groups (broad SMARTS) is 1. The van der Waals surface area contributed by atoms with Gasteiger partial charge in [-0.2, -0.15) is 0 Å². The minimum Gasteiger partial charge on any atom is -0.481 e. The van der Waals surface area contributed by atoms with Crippen LogP contribution in [-0.2, 0) is 4.79 Å². The molecule has 0 aromatic rings. The molecule has 0 aliphatic heterocycles. The number of hydrogen-bond donors (Lipinski definition) is 1. The van der Waals surface area contributed by atoms with Crippen LogP contribution in [0.5, 0.6) is 0 Å². The quantitative estimate of drug-likeness (QED) is 0.689. The summed E-state index contributed by atoms with van der Waals surface area (Å²) in [4.78, 5) is 12.0. The second-order valence-electron chi connectivity index (χ2n) is 9.40. The lowest BCUT2D eigenvalue weighted by atomic mass is 9.41. The molecule has 0 aromatic heterocycles. The van der Waals surface area contributed by atoms with Crippen molar-refractivity contribution in [2.24, 2.45) is 34.0 Å². The van der Waals surface area contributed by atoms with Gasteiger partial charge >= 0.3 is 5.97 Å². The maximum atomic E-state index is 12.0. The van der Waals surface area contributed by atoms with Crippen molar-refractivity contribution in [3.63, 3.8) is 0 Å². The van der Waals surface area contributed by atoms with Crippen LogP contribution in [0, 0.1) is 34.0 Å². The van der Waals surface area contributed by atoms with E-state index >= 15 is 0 Å². The van der Waals surface area contributed by atoms with E-state index < -0.39 is 11.4 Å². The molecular weight excluding hydrogens is 272 g/mol. The molecule has 22 heavy (non-hydrogen) atoms. The number of hydrogen-bond acceptors (Lipinski definition) is 1. The third-order valence-corrected chi connectivity index (χ3v) is 8.54. The predicted octanol–water partition coefficient (Wildman–Crippen LogP) is 5.04. The van der Waals surface area contributed by atoms with Crippen molar-refractivity contribution in [3.05, 3.63) is 12.2 Å². The van der Waals surface area contributed by atoms with Crippen molar-refractivity contribution >= 4 is 5.97 Å². The average Bonchev–Trinajstić information content (AvgIpc) is 2.68. The average molecular weight is 302 g/mol. The Bertz CT molecular complexity index is 538.